The number of aryl methyl sites for hydroxylation is 1. The highest BCUT2D eigenvalue weighted by Gasteiger charge is 1.97. The standard InChI is InChI=1S/C12H15NO2/c1-9-4-6-11(7-5-9)13-10(2)8-12(14)15-3/h4-8,13H,1-3H3/b10-8-. The summed E-state index contributed by atoms with van der Waals surface area (Å²) >= 11 is 0. The number of esters is 1. The largest absolute Gasteiger partial charge is 0.466 e. The molecule has 0 bridgehead atoms. The molecule has 0 unspecified atom stereocenters. The molecule has 0 aliphatic heterocycles. The number of allylic oxidation sites excluding steroid dienone is 1. The van der Waals surface area contributed by atoms with Crippen LogP contribution >= 0.6 is 0 Å². The molecule has 3 nitrogen and oxygen atoms in total. The molecular weight excluding hydrogens is 190 g/mol. The molecule has 1 rings (SSSR count). The fourth-order valence-corrected chi connectivity index (χ4v) is 1.14. The normalized spacial score (nSPS) is 11.0. The summed E-state index contributed by atoms with van der Waals surface area (Å²) in [6.07, 6.45) is 1.42. The van der Waals surface area contributed by atoms with E-state index in [1.807, 2.05) is 38.1 Å². The Balaban J connectivity index is 2.66. The highest BCUT2D eigenvalue weighted by atomic mass is 16.5. The van der Waals surface area contributed by atoms with E-state index in [2.05, 4.69) is 10.1 Å². The van der Waals surface area contributed by atoms with Gasteiger partial charge in [-0.1, -0.05) is 17.7 Å². The zero-order valence-electron chi connectivity index (χ0n) is 9.20. The maximum Gasteiger partial charge on any atom is 0.332 e. The van der Waals surface area contributed by atoms with E-state index in [1.165, 1.54) is 18.7 Å². The maximum atomic E-state index is 10.9. The first-order valence-electron chi connectivity index (χ1n) is 4.72. The molecule has 1 N–H and O–H groups in total. The van der Waals surface area contributed by atoms with Crippen LogP contribution in [0.25, 0.3) is 0 Å². The van der Waals surface area contributed by atoms with Crippen LogP contribution in [0.3, 0.4) is 0 Å². The number of ether oxygens (including phenoxy) is 1. The minimum absolute atomic E-state index is 0.355. The first kappa shape index (κ1) is 11.3. The first-order valence-corrected chi connectivity index (χ1v) is 4.72. The van der Waals surface area contributed by atoms with Gasteiger partial charge in [-0.25, -0.2) is 4.79 Å². The topological polar surface area (TPSA) is 38.3 Å². The minimum atomic E-state index is -0.355. The molecule has 0 aromatic heterocycles. The highest BCUT2D eigenvalue weighted by Crippen LogP contribution is 2.10. The Hall–Kier alpha value is -1.77. The van der Waals surface area contributed by atoms with Crippen LogP contribution < -0.4 is 5.32 Å². The average molecular weight is 205 g/mol. The van der Waals surface area contributed by atoms with E-state index >= 15 is 0 Å². The quantitative estimate of drug-likeness (QED) is 0.608. The van der Waals surface area contributed by atoms with Crippen LogP contribution in [0.4, 0.5) is 5.69 Å². The third-order valence-corrected chi connectivity index (χ3v) is 1.93. The van der Waals surface area contributed by atoms with E-state index in [1.54, 1.807) is 0 Å². The molecule has 0 heterocycles. The Morgan fingerprint density at radius 2 is 1.93 bits per heavy atom. The van der Waals surface area contributed by atoms with E-state index in [9.17, 15) is 4.79 Å². The third kappa shape index (κ3) is 3.85. The molecule has 0 saturated heterocycles. The van der Waals surface area contributed by atoms with Crippen molar-refractivity contribution in [3.8, 4) is 0 Å². The first-order chi connectivity index (χ1) is 7.11. The van der Waals surface area contributed by atoms with E-state index in [-0.39, 0.29) is 5.97 Å². The van der Waals surface area contributed by atoms with Crippen molar-refractivity contribution >= 4 is 11.7 Å². The smallest absolute Gasteiger partial charge is 0.332 e. The van der Waals surface area contributed by atoms with Gasteiger partial charge in [0.1, 0.15) is 0 Å². The number of carbonyl (C=O) groups excluding carboxylic acids is 1. The number of anilines is 1. The number of nitrogens with one attached hydrogen (secondary N) is 1. The number of carbonyl (C=O) groups is 1. The molecule has 1 aromatic carbocycles. The second kappa shape index (κ2) is 5.20. The summed E-state index contributed by atoms with van der Waals surface area (Å²) in [5.74, 6) is -0.355. The van der Waals surface area contributed by atoms with Crippen LogP contribution in [-0.4, -0.2) is 13.1 Å². The average Bonchev–Trinajstić information content (AvgIpc) is 2.21. The van der Waals surface area contributed by atoms with Crippen LogP contribution in [-0.2, 0) is 9.53 Å². The van der Waals surface area contributed by atoms with E-state index in [0.29, 0.717) is 0 Å². The summed E-state index contributed by atoms with van der Waals surface area (Å²) < 4.78 is 4.52. The van der Waals surface area contributed by atoms with Crippen molar-refractivity contribution in [1.29, 1.82) is 0 Å². The molecule has 0 spiro atoms. The van der Waals surface area contributed by atoms with Gasteiger partial charge in [0.2, 0.25) is 0 Å². The second-order valence-corrected chi connectivity index (χ2v) is 3.34. The molecule has 0 aliphatic carbocycles. The van der Waals surface area contributed by atoms with Crippen molar-refractivity contribution in [3.63, 3.8) is 0 Å². The summed E-state index contributed by atoms with van der Waals surface area (Å²) in [4.78, 5) is 10.9. The lowest BCUT2D eigenvalue weighted by atomic mass is 10.2. The molecule has 0 saturated carbocycles. The van der Waals surface area contributed by atoms with Crippen LogP contribution in [0.2, 0.25) is 0 Å². The van der Waals surface area contributed by atoms with Gasteiger partial charge in [0, 0.05) is 17.5 Å². The van der Waals surface area contributed by atoms with Gasteiger partial charge < -0.3 is 10.1 Å². The Kier molecular flexibility index (Phi) is 3.92. The van der Waals surface area contributed by atoms with Crippen LogP contribution in [0.15, 0.2) is 36.0 Å². The van der Waals surface area contributed by atoms with Gasteiger partial charge >= 0.3 is 5.97 Å². The summed E-state index contributed by atoms with van der Waals surface area (Å²) in [7, 11) is 1.36. The van der Waals surface area contributed by atoms with E-state index in [0.717, 1.165) is 11.4 Å². The second-order valence-electron chi connectivity index (χ2n) is 3.34. The van der Waals surface area contributed by atoms with Gasteiger partial charge in [0.05, 0.1) is 7.11 Å². The fourth-order valence-electron chi connectivity index (χ4n) is 1.14. The zero-order chi connectivity index (χ0) is 11.3. The summed E-state index contributed by atoms with van der Waals surface area (Å²) in [5, 5.41) is 3.09. The number of benzene rings is 1. The summed E-state index contributed by atoms with van der Waals surface area (Å²) in [6.45, 7) is 3.84. The van der Waals surface area contributed by atoms with E-state index < -0.39 is 0 Å². The van der Waals surface area contributed by atoms with Gasteiger partial charge in [-0.05, 0) is 26.0 Å². The fraction of sp³-hybridized carbons (Fsp3) is 0.250. The van der Waals surface area contributed by atoms with Gasteiger partial charge in [0.25, 0.3) is 0 Å². The van der Waals surface area contributed by atoms with Gasteiger partial charge in [0.15, 0.2) is 0 Å². The molecule has 0 radical (unpaired) electrons. The molecule has 0 aliphatic rings. The molecule has 15 heavy (non-hydrogen) atoms. The van der Waals surface area contributed by atoms with Crippen LogP contribution in [0.1, 0.15) is 12.5 Å². The number of methoxy groups -OCH3 is 1. The van der Waals surface area contributed by atoms with Crippen molar-refractivity contribution in [3.05, 3.63) is 41.6 Å². The molecule has 80 valence electrons. The van der Waals surface area contributed by atoms with Crippen molar-refractivity contribution < 1.29 is 9.53 Å². The Morgan fingerprint density at radius 3 is 2.47 bits per heavy atom. The lowest BCUT2D eigenvalue weighted by Crippen LogP contribution is -2.01. The number of hydrogen-bond donors (Lipinski definition) is 1. The highest BCUT2D eigenvalue weighted by molar-refractivity contribution is 5.83. The Labute approximate surface area is 89.8 Å². The molecule has 0 amide bonds. The van der Waals surface area contributed by atoms with Gasteiger partial charge in [-0.3, -0.25) is 0 Å². The molecule has 0 fully saturated rings. The van der Waals surface area contributed by atoms with Gasteiger partial charge in [-0.2, -0.15) is 0 Å². The monoisotopic (exact) mass is 205 g/mol. The van der Waals surface area contributed by atoms with Crippen molar-refractivity contribution in [2.24, 2.45) is 0 Å². The molecule has 3 heteroatoms. The Morgan fingerprint density at radius 1 is 1.33 bits per heavy atom. The van der Waals surface area contributed by atoms with Crippen LogP contribution in [0, 0.1) is 6.92 Å². The number of rotatable bonds is 3. The van der Waals surface area contributed by atoms with Crippen molar-refractivity contribution in [1.82, 2.24) is 0 Å². The maximum absolute atomic E-state index is 10.9. The van der Waals surface area contributed by atoms with Crippen molar-refractivity contribution in [2.45, 2.75) is 13.8 Å². The lowest BCUT2D eigenvalue weighted by molar-refractivity contribution is -0.134. The van der Waals surface area contributed by atoms with Crippen LogP contribution in [0.5, 0.6) is 0 Å². The SMILES string of the molecule is COC(=O)/C=C(/C)Nc1ccc(C)cc1. The predicted octanol–water partition coefficient (Wildman–Crippen LogP) is 2.48. The molecule has 0 atom stereocenters. The molecule has 1 aromatic rings. The summed E-state index contributed by atoms with van der Waals surface area (Å²) in [6, 6.07) is 7.94. The van der Waals surface area contributed by atoms with Gasteiger partial charge in [-0.15, -0.1) is 0 Å². The predicted molar refractivity (Wildman–Crippen MR) is 60.6 cm³/mol. The third-order valence-electron chi connectivity index (χ3n) is 1.93. The Bertz CT molecular complexity index is 366. The summed E-state index contributed by atoms with van der Waals surface area (Å²) in [5.41, 5.74) is 2.92. The number of hydrogen-bond acceptors (Lipinski definition) is 3. The van der Waals surface area contributed by atoms with E-state index in [4.69, 9.17) is 0 Å². The molecular formula is C12H15NO2. The van der Waals surface area contributed by atoms with Crippen molar-refractivity contribution in [2.75, 3.05) is 12.4 Å². The zero-order valence-corrected chi connectivity index (χ0v) is 9.20. The minimum Gasteiger partial charge on any atom is -0.466 e. The lowest BCUT2D eigenvalue weighted by Gasteiger charge is -2.06.